The molecule has 2 fully saturated rings. The number of para-hydroxylation sites is 2. The van der Waals surface area contributed by atoms with E-state index in [0.29, 0.717) is 36.2 Å². The van der Waals surface area contributed by atoms with Crippen molar-refractivity contribution in [3.8, 4) is 45.0 Å². The second-order valence-corrected chi connectivity index (χ2v) is 19.2. The second-order valence-electron chi connectivity index (χ2n) is 19.2. The predicted molar refractivity (Wildman–Crippen MR) is 276 cm³/mol. The average Bonchev–Trinajstić information content (AvgIpc) is 4.24. The zero-order chi connectivity index (χ0) is 49.9. The molecule has 3 aliphatic rings. The SMILES string of the molecule is CC(C)C(NC(=O)Oc1ccccc1)C(=O)N1CCC[C@H]1c1ncc(-c2ccc(-c3ccc(-c4ccc5nc([C@@H]6CCCN6C(=O)[C@@H](NC(=O)Oc6ccccc6)C(C)C)[nH]c5c4)c4c3C=C=C=C4)cc2)[nH]1. The Kier molecular flexibility index (Phi) is 13.4. The summed E-state index contributed by atoms with van der Waals surface area (Å²) in [5.41, 5.74) is 16.0. The standard InChI is InChI=1S/C58H56N8O6/c1-35(2)51(63-57(69)71-40-15-7-5-8-16-40)55(67)65-31-13-21-49(65)53-59-34-48(62-53)38-25-23-37(24-26-38)42-28-29-43(45-20-12-11-19-44(42)45)39-27-30-46-47(33-39)61-54(60-46)50-22-14-32-66(50)56(68)52(36(3)4)64-58(70)72-41-17-9-6-10-18-41/h5-10,15-20,23-30,33-36,49-52H,13-14,21-22,31-32H2,1-4H3,(H,59,62)(H,60,61)(H,63,69)(H,64,70)/t49-,50-,51?,52-/m0/s1. The molecule has 0 spiro atoms. The molecule has 0 radical (unpaired) electrons. The fourth-order valence-electron chi connectivity index (χ4n) is 10.0. The second kappa shape index (κ2) is 20.5. The molecule has 7 aromatic rings. The molecule has 4 heterocycles. The number of amides is 4. The van der Waals surface area contributed by atoms with Crippen LogP contribution in [0.4, 0.5) is 9.59 Å². The Morgan fingerprint density at radius 2 is 1.11 bits per heavy atom. The largest absolute Gasteiger partial charge is 0.413 e. The molecule has 0 bridgehead atoms. The van der Waals surface area contributed by atoms with Crippen LogP contribution in [0.3, 0.4) is 0 Å². The Morgan fingerprint density at radius 3 is 1.65 bits per heavy atom. The van der Waals surface area contributed by atoms with Gasteiger partial charge in [0.2, 0.25) is 11.8 Å². The molecule has 364 valence electrons. The number of hydrogen-bond acceptors (Lipinski definition) is 8. The molecule has 4 atom stereocenters. The fourth-order valence-corrected chi connectivity index (χ4v) is 10.0. The zero-order valence-corrected chi connectivity index (χ0v) is 40.6. The van der Waals surface area contributed by atoms with Gasteiger partial charge >= 0.3 is 12.2 Å². The van der Waals surface area contributed by atoms with E-state index in [1.54, 1.807) is 48.5 Å². The van der Waals surface area contributed by atoms with Crippen molar-refractivity contribution in [2.24, 2.45) is 11.8 Å². The summed E-state index contributed by atoms with van der Waals surface area (Å²) in [5, 5.41) is 5.63. The van der Waals surface area contributed by atoms with Gasteiger partial charge in [0.15, 0.2) is 0 Å². The van der Waals surface area contributed by atoms with Gasteiger partial charge in [0, 0.05) is 13.1 Å². The molecule has 10 rings (SSSR count). The van der Waals surface area contributed by atoms with E-state index >= 15 is 0 Å². The van der Waals surface area contributed by atoms with Crippen LogP contribution in [0.15, 0.2) is 133 Å². The minimum Gasteiger partial charge on any atom is -0.410 e. The number of aromatic nitrogens is 4. The van der Waals surface area contributed by atoms with E-state index in [2.05, 4.69) is 80.6 Å². The van der Waals surface area contributed by atoms with Gasteiger partial charge < -0.3 is 39.9 Å². The molecule has 2 aromatic heterocycles. The first-order valence-electron chi connectivity index (χ1n) is 24.7. The molecule has 4 amide bonds. The number of H-pyrrole nitrogens is 2. The van der Waals surface area contributed by atoms with Crippen molar-refractivity contribution in [2.75, 3.05) is 13.1 Å². The lowest BCUT2D eigenvalue weighted by molar-refractivity contribution is -0.136. The summed E-state index contributed by atoms with van der Waals surface area (Å²) in [6.07, 6.45) is 7.55. The quantitative estimate of drug-likeness (QED) is 0.0826. The summed E-state index contributed by atoms with van der Waals surface area (Å²) in [5.74, 6) is 1.56. The van der Waals surface area contributed by atoms with Crippen LogP contribution in [0.25, 0.3) is 56.7 Å². The lowest BCUT2D eigenvalue weighted by Crippen LogP contribution is -2.51. The minimum atomic E-state index is -0.770. The van der Waals surface area contributed by atoms with Gasteiger partial charge in [-0.25, -0.2) is 19.6 Å². The van der Waals surface area contributed by atoms with Gasteiger partial charge in [-0.2, -0.15) is 0 Å². The third-order valence-corrected chi connectivity index (χ3v) is 13.7. The Morgan fingerprint density at radius 1 is 0.611 bits per heavy atom. The van der Waals surface area contributed by atoms with Gasteiger partial charge in [-0.3, -0.25) is 9.59 Å². The van der Waals surface area contributed by atoms with Crippen LogP contribution in [-0.2, 0) is 9.59 Å². The Hall–Kier alpha value is -8.44. The van der Waals surface area contributed by atoms with Crippen LogP contribution in [0.5, 0.6) is 11.5 Å². The van der Waals surface area contributed by atoms with Crippen molar-refractivity contribution in [1.29, 1.82) is 0 Å². The summed E-state index contributed by atoms with van der Waals surface area (Å²) in [7, 11) is 0. The van der Waals surface area contributed by atoms with Crippen LogP contribution in [0, 0.1) is 11.8 Å². The summed E-state index contributed by atoms with van der Waals surface area (Å²) >= 11 is 0. The van der Waals surface area contributed by atoms with Gasteiger partial charge in [0.25, 0.3) is 0 Å². The van der Waals surface area contributed by atoms with Gasteiger partial charge in [-0.1, -0.05) is 118 Å². The Balaban J connectivity index is 0.831. The molecule has 1 unspecified atom stereocenters. The van der Waals surface area contributed by atoms with Gasteiger partial charge in [0.1, 0.15) is 35.2 Å². The van der Waals surface area contributed by atoms with Crippen molar-refractivity contribution >= 4 is 47.2 Å². The van der Waals surface area contributed by atoms with E-state index in [1.807, 2.05) is 74.0 Å². The number of likely N-dealkylation sites (tertiary alicyclic amines) is 2. The first-order valence-corrected chi connectivity index (χ1v) is 24.7. The van der Waals surface area contributed by atoms with Crippen molar-refractivity contribution in [2.45, 2.75) is 77.5 Å². The van der Waals surface area contributed by atoms with Gasteiger partial charge in [-0.15, -0.1) is 0 Å². The van der Waals surface area contributed by atoms with Crippen LogP contribution < -0.4 is 20.1 Å². The summed E-state index contributed by atoms with van der Waals surface area (Å²) < 4.78 is 10.9. The summed E-state index contributed by atoms with van der Waals surface area (Å²) in [6.45, 7) is 8.76. The number of hydrogen-bond donors (Lipinski definition) is 4. The number of nitrogens with one attached hydrogen (secondary N) is 4. The fraction of sp³-hybridized carbons (Fsp3) is 0.276. The normalized spacial score (nSPS) is 16.8. The van der Waals surface area contributed by atoms with Crippen molar-refractivity contribution in [1.82, 2.24) is 40.4 Å². The van der Waals surface area contributed by atoms with E-state index in [9.17, 15) is 19.2 Å². The smallest absolute Gasteiger partial charge is 0.410 e. The molecule has 1 aliphatic carbocycles. The number of benzene rings is 5. The zero-order valence-electron chi connectivity index (χ0n) is 40.6. The highest BCUT2D eigenvalue weighted by Crippen LogP contribution is 2.39. The molecular formula is C58H56N8O6. The highest BCUT2D eigenvalue weighted by molar-refractivity contribution is 5.93. The molecule has 14 heteroatoms. The average molecular weight is 961 g/mol. The predicted octanol–water partition coefficient (Wildman–Crippen LogP) is 11.0. The molecule has 5 aromatic carbocycles. The molecule has 0 saturated carbocycles. The first-order chi connectivity index (χ1) is 35.0. The van der Waals surface area contributed by atoms with E-state index < -0.39 is 24.3 Å². The van der Waals surface area contributed by atoms with Crippen molar-refractivity contribution in [3.63, 3.8) is 0 Å². The highest BCUT2D eigenvalue weighted by atomic mass is 16.6. The number of carbonyl (C=O) groups excluding carboxylic acids is 4. The summed E-state index contributed by atoms with van der Waals surface area (Å²) in [4.78, 5) is 74.3. The Bertz CT molecular complexity index is 3260. The lowest BCUT2D eigenvalue weighted by Gasteiger charge is -2.30. The first kappa shape index (κ1) is 47.2. The number of imidazole rings is 2. The van der Waals surface area contributed by atoms with E-state index in [4.69, 9.17) is 19.4 Å². The number of carbonyl (C=O) groups is 4. The molecular weight excluding hydrogens is 905 g/mol. The number of rotatable bonds is 13. The van der Waals surface area contributed by atoms with Crippen LogP contribution in [0.2, 0.25) is 0 Å². The van der Waals surface area contributed by atoms with Gasteiger partial charge in [0.05, 0.1) is 35.0 Å². The number of fused-ring (bicyclic) bond motifs is 2. The van der Waals surface area contributed by atoms with E-state index in [0.717, 1.165) is 81.4 Å². The Labute approximate surface area is 417 Å². The van der Waals surface area contributed by atoms with Crippen LogP contribution in [-0.4, -0.2) is 78.9 Å². The third kappa shape index (κ3) is 9.83. The monoisotopic (exact) mass is 960 g/mol. The molecule has 4 N–H and O–H groups in total. The molecule has 2 saturated heterocycles. The maximum Gasteiger partial charge on any atom is 0.413 e. The van der Waals surface area contributed by atoms with Crippen LogP contribution in [0.1, 0.15) is 88.2 Å². The minimum absolute atomic E-state index is 0.165. The van der Waals surface area contributed by atoms with E-state index in [-0.39, 0.29) is 35.7 Å². The highest BCUT2D eigenvalue weighted by Gasteiger charge is 2.39. The molecule has 2 aliphatic heterocycles. The van der Waals surface area contributed by atoms with Gasteiger partial charge in [-0.05, 0) is 125 Å². The van der Waals surface area contributed by atoms with E-state index in [1.165, 1.54) is 0 Å². The number of nitrogens with zero attached hydrogens (tertiary/aromatic N) is 4. The van der Waals surface area contributed by atoms with Crippen LogP contribution >= 0.6 is 0 Å². The maximum absolute atomic E-state index is 14.1. The number of ether oxygens (including phenoxy) is 2. The van der Waals surface area contributed by atoms with Crippen molar-refractivity contribution < 1.29 is 28.7 Å². The molecule has 14 nitrogen and oxygen atoms in total. The number of aromatic amines is 2. The lowest BCUT2D eigenvalue weighted by atomic mass is 9.87. The third-order valence-electron chi connectivity index (χ3n) is 13.7. The maximum atomic E-state index is 14.1. The van der Waals surface area contributed by atoms with Crippen molar-refractivity contribution in [3.05, 3.63) is 156 Å². The summed E-state index contributed by atoms with van der Waals surface area (Å²) in [6, 6.07) is 34.3. The topological polar surface area (TPSA) is 175 Å². The molecule has 72 heavy (non-hydrogen) atoms.